The number of nitriles is 1. The Morgan fingerprint density at radius 3 is 2.23 bits per heavy atom. The summed E-state index contributed by atoms with van der Waals surface area (Å²) in [6, 6.07) is 1.49. The van der Waals surface area contributed by atoms with Gasteiger partial charge in [0.15, 0.2) is 5.69 Å². The van der Waals surface area contributed by atoms with E-state index in [4.69, 9.17) is 32.7 Å². The van der Waals surface area contributed by atoms with Gasteiger partial charge in [-0.15, -0.1) is 0 Å². The lowest BCUT2D eigenvalue weighted by atomic mass is 9.95. The van der Waals surface area contributed by atoms with Crippen LogP contribution >= 0.6 is 33.4 Å². The first-order valence-electron chi connectivity index (χ1n) is 9.38. The second kappa shape index (κ2) is 8.12. The van der Waals surface area contributed by atoms with Gasteiger partial charge in [-0.2, -0.15) is 10.4 Å². The lowest BCUT2D eigenvalue weighted by molar-refractivity contribution is -0.140. The van der Waals surface area contributed by atoms with Gasteiger partial charge in [-0.1, -0.05) is 42.6 Å². The van der Waals surface area contributed by atoms with Crippen LogP contribution in [0.5, 0.6) is 0 Å². The number of hydrogen-bond donors (Lipinski definition) is 2. The van der Waals surface area contributed by atoms with Crippen LogP contribution in [0.4, 0.5) is 30.0 Å². The van der Waals surface area contributed by atoms with Crippen LogP contribution in [0.15, 0.2) is 17.0 Å². The maximum absolute atomic E-state index is 13.3. The molecule has 1 aromatic heterocycles. The molecule has 9 nitrogen and oxygen atoms in total. The molecule has 0 atom stereocenters. The highest BCUT2D eigenvalue weighted by Gasteiger charge is 2.65. The number of aliphatic carboxylic acids is 1. The minimum atomic E-state index is -10.2. The third-order valence-corrected chi connectivity index (χ3v) is 6.72. The molecule has 3 rings (SSSR count). The van der Waals surface area contributed by atoms with E-state index in [0.29, 0.717) is 4.68 Å². The molecule has 1 heterocycles. The predicted octanol–water partition coefficient (Wildman–Crippen LogP) is 6.02. The third kappa shape index (κ3) is 5.25. The Bertz CT molecular complexity index is 1250. The van der Waals surface area contributed by atoms with E-state index in [1.54, 1.807) is 6.07 Å². The van der Waals surface area contributed by atoms with E-state index in [9.17, 15) is 39.4 Å². The number of anilines is 1. The van der Waals surface area contributed by atoms with Crippen LogP contribution in [0.2, 0.25) is 10.0 Å². The van der Waals surface area contributed by atoms with Gasteiger partial charge in [0, 0.05) is 7.11 Å². The summed E-state index contributed by atoms with van der Waals surface area (Å²) in [4.78, 5) is 21.9. The molecule has 0 saturated heterocycles. The fraction of sp³-hybridized carbons (Fsp3) is 0.333. The van der Waals surface area contributed by atoms with Crippen molar-refractivity contribution >= 4 is 51.3 Å². The summed E-state index contributed by atoms with van der Waals surface area (Å²) in [7, 11) is -8.85. The molecule has 1 aliphatic carbocycles. The first-order valence-corrected chi connectivity index (χ1v) is 12.1. The lowest BCUT2D eigenvalue weighted by Crippen LogP contribution is -2.25. The van der Waals surface area contributed by atoms with Crippen LogP contribution in [0.25, 0.3) is 5.69 Å². The predicted molar refractivity (Wildman–Crippen MR) is 115 cm³/mol. The van der Waals surface area contributed by atoms with Gasteiger partial charge in [0.1, 0.15) is 29.1 Å². The molecule has 0 spiro atoms. The molecule has 0 radical (unpaired) electrons. The average Bonchev–Trinajstić information content (AvgIpc) is 3.44. The number of amides is 1. The number of benzene rings is 1. The molecule has 0 unspecified atom stereocenters. The lowest BCUT2D eigenvalue weighted by Gasteiger charge is -2.40. The summed E-state index contributed by atoms with van der Waals surface area (Å²) < 4.78 is 76.6. The van der Waals surface area contributed by atoms with Gasteiger partial charge in [-0.3, -0.25) is 10.1 Å². The Balaban J connectivity index is 2.25. The van der Waals surface area contributed by atoms with Crippen molar-refractivity contribution in [3.8, 4) is 11.8 Å². The molecular formula is C18H15Cl2F5N4O5S. The zero-order chi connectivity index (χ0) is 26.5. The monoisotopic (exact) mass is 564 g/mol. The number of methoxy groups -OCH3 is 1. The summed E-state index contributed by atoms with van der Waals surface area (Å²) in [5, 5.41) is 23.4. The number of nitrogens with one attached hydrogen (secondary N) is 1. The zero-order valence-electron chi connectivity index (χ0n) is 17.5. The normalized spacial score (nSPS) is 16.5. The molecule has 1 fully saturated rings. The standard InChI is InChI=1S/C18H15Cl2F5N4O5S/c1-33-4-5-34-17(32)27-15-13(18(2-3-18)16(30)31)12(8-26)28-29(15)14-10(19)6-9(7-11(14)20)35(21,22,23,24)25/h6-7H,2-5H2,1H3,(H,27,32)(H,30,31). The average molecular weight is 565 g/mol. The number of carbonyl (C=O) groups excluding carboxylic acids is 1. The molecule has 1 saturated carbocycles. The molecule has 35 heavy (non-hydrogen) atoms. The van der Waals surface area contributed by atoms with Crippen LogP contribution in [0.1, 0.15) is 24.1 Å². The largest absolute Gasteiger partial charge is 0.481 e. The van der Waals surface area contributed by atoms with Crippen LogP contribution in [-0.4, -0.2) is 47.3 Å². The smallest absolute Gasteiger partial charge is 0.412 e. The second-order valence-corrected chi connectivity index (χ2v) is 10.7. The molecular weight excluding hydrogens is 550 g/mol. The summed E-state index contributed by atoms with van der Waals surface area (Å²) >= 11 is 11.8. The maximum Gasteiger partial charge on any atom is 0.412 e. The number of carboxylic acid groups (broad SMARTS) is 1. The van der Waals surface area contributed by atoms with Crippen molar-refractivity contribution in [2.45, 2.75) is 23.2 Å². The van der Waals surface area contributed by atoms with Gasteiger partial charge in [0.05, 0.1) is 27.6 Å². The van der Waals surface area contributed by atoms with Crippen molar-refractivity contribution in [2.75, 3.05) is 25.6 Å². The van der Waals surface area contributed by atoms with Crippen LogP contribution < -0.4 is 5.32 Å². The quantitative estimate of drug-likeness (QED) is 0.296. The van der Waals surface area contributed by atoms with Gasteiger partial charge in [-0.05, 0) is 25.0 Å². The van der Waals surface area contributed by atoms with Gasteiger partial charge in [0.2, 0.25) is 0 Å². The van der Waals surface area contributed by atoms with Gasteiger partial charge < -0.3 is 14.6 Å². The highest BCUT2D eigenvalue weighted by molar-refractivity contribution is 8.45. The van der Waals surface area contributed by atoms with Crippen LogP contribution in [-0.2, 0) is 19.7 Å². The molecule has 2 N–H and O–H groups in total. The summed E-state index contributed by atoms with van der Waals surface area (Å²) in [6.45, 7) is -0.239. The van der Waals surface area contributed by atoms with E-state index in [0.717, 1.165) is 0 Å². The van der Waals surface area contributed by atoms with E-state index >= 15 is 0 Å². The Labute approximate surface area is 204 Å². The van der Waals surface area contributed by atoms with Crippen LogP contribution in [0, 0.1) is 11.3 Å². The SMILES string of the molecule is COCCOC(=O)Nc1c(C2(C(=O)O)CC2)c(C#N)nn1-c1c(Cl)cc(S(F)(F)(F)(F)F)cc1Cl. The first-order chi connectivity index (χ1) is 15.9. The molecule has 1 amide bonds. The Morgan fingerprint density at radius 1 is 1.23 bits per heavy atom. The second-order valence-electron chi connectivity index (χ2n) is 7.44. The fourth-order valence-corrected chi connectivity index (χ4v) is 4.70. The highest BCUT2D eigenvalue weighted by Crippen LogP contribution is 3.02. The number of halogens is 7. The fourth-order valence-electron chi connectivity index (χ4n) is 3.24. The van der Waals surface area contributed by atoms with Gasteiger partial charge in [0.25, 0.3) is 0 Å². The van der Waals surface area contributed by atoms with Crippen LogP contribution in [0.3, 0.4) is 0 Å². The molecule has 192 valence electrons. The number of aromatic nitrogens is 2. The molecule has 0 bridgehead atoms. The molecule has 17 heteroatoms. The van der Waals surface area contributed by atoms with Crippen molar-refractivity contribution in [1.29, 1.82) is 5.26 Å². The van der Waals surface area contributed by atoms with Crippen molar-refractivity contribution in [2.24, 2.45) is 0 Å². The summed E-state index contributed by atoms with van der Waals surface area (Å²) in [5.74, 6) is -1.86. The van der Waals surface area contributed by atoms with E-state index in [1.807, 2.05) is 0 Å². The number of hydrogen-bond acceptors (Lipinski definition) is 6. The van der Waals surface area contributed by atoms with Crippen molar-refractivity contribution in [3.63, 3.8) is 0 Å². The van der Waals surface area contributed by atoms with E-state index in [1.165, 1.54) is 7.11 Å². The number of carboxylic acids is 1. The number of carbonyl (C=O) groups is 2. The zero-order valence-corrected chi connectivity index (χ0v) is 19.8. The van der Waals surface area contributed by atoms with Crippen molar-refractivity contribution in [3.05, 3.63) is 33.4 Å². The van der Waals surface area contributed by atoms with Gasteiger partial charge >= 0.3 is 22.3 Å². The summed E-state index contributed by atoms with van der Waals surface area (Å²) in [6.07, 6.45) is -1.08. The topological polar surface area (TPSA) is 126 Å². The van der Waals surface area contributed by atoms with E-state index in [-0.39, 0.29) is 43.8 Å². The molecule has 1 aromatic carbocycles. The highest BCUT2D eigenvalue weighted by atomic mass is 35.5. The Morgan fingerprint density at radius 2 is 1.80 bits per heavy atom. The first kappa shape index (κ1) is 26.8. The number of nitrogens with zero attached hydrogens (tertiary/aromatic N) is 3. The number of ether oxygens (including phenoxy) is 2. The number of rotatable bonds is 8. The van der Waals surface area contributed by atoms with Crippen molar-refractivity contribution < 1.29 is 43.6 Å². The minimum absolute atomic E-state index is 0.00442. The Kier molecular flexibility index (Phi) is 6.22. The third-order valence-electron chi connectivity index (χ3n) is 5.02. The Hall–Kier alpha value is -2.80. The van der Waals surface area contributed by atoms with E-state index in [2.05, 4.69) is 10.4 Å². The van der Waals surface area contributed by atoms with Gasteiger partial charge in [-0.25, -0.2) is 9.48 Å². The molecule has 2 aromatic rings. The maximum atomic E-state index is 13.3. The van der Waals surface area contributed by atoms with Crippen molar-refractivity contribution in [1.82, 2.24) is 9.78 Å². The van der Waals surface area contributed by atoms with E-state index < -0.39 is 59.8 Å². The molecule has 1 aliphatic rings. The minimum Gasteiger partial charge on any atom is -0.481 e. The molecule has 0 aliphatic heterocycles. The summed E-state index contributed by atoms with van der Waals surface area (Å²) in [5.41, 5.74) is -3.06.